The van der Waals surface area contributed by atoms with Crippen molar-refractivity contribution >= 4 is 32.7 Å². The normalized spacial score (nSPS) is 11.1. The van der Waals surface area contributed by atoms with Gasteiger partial charge in [0.25, 0.3) is 5.56 Å². The summed E-state index contributed by atoms with van der Waals surface area (Å²) in [6.45, 7) is -2.90. The summed E-state index contributed by atoms with van der Waals surface area (Å²) in [5, 5.41) is 0. The molecule has 0 unspecified atom stereocenters. The van der Waals surface area contributed by atoms with E-state index in [1.165, 1.54) is 28.8 Å². The number of anilines is 1. The second-order valence-electron chi connectivity index (χ2n) is 4.61. The lowest BCUT2D eigenvalue weighted by Gasteiger charge is -2.13. The van der Waals surface area contributed by atoms with Crippen molar-refractivity contribution in [2.75, 3.05) is 5.73 Å². The molecule has 0 spiro atoms. The Kier molecular flexibility index (Phi) is 3.99. The Bertz CT molecular complexity index is 926. The maximum atomic E-state index is 12.5. The molecule has 5 nitrogen and oxygen atoms in total. The molecule has 0 aliphatic rings. The smallest absolute Gasteiger partial charge is 0.387 e. The zero-order chi connectivity index (χ0) is 16.6. The zero-order valence-corrected chi connectivity index (χ0v) is 13.1. The number of nitrogen functional groups attached to an aromatic ring is 1. The summed E-state index contributed by atoms with van der Waals surface area (Å²) in [5.74, 6) is 0.00809. The fourth-order valence-electron chi connectivity index (χ4n) is 2.24. The van der Waals surface area contributed by atoms with Crippen LogP contribution in [-0.2, 0) is 0 Å². The highest BCUT2D eigenvalue weighted by Crippen LogP contribution is 2.26. The third-order valence-corrected chi connectivity index (χ3v) is 4.00. The van der Waals surface area contributed by atoms with E-state index < -0.39 is 6.61 Å². The van der Waals surface area contributed by atoms with Crippen LogP contribution in [0.5, 0.6) is 5.75 Å². The number of halogens is 3. The predicted octanol–water partition coefficient (Wildman–Crippen LogP) is 3.33. The van der Waals surface area contributed by atoms with E-state index in [1.807, 2.05) is 0 Å². The molecule has 3 aromatic rings. The van der Waals surface area contributed by atoms with Gasteiger partial charge in [-0.3, -0.25) is 14.3 Å². The highest BCUT2D eigenvalue weighted by Gasteiger charge is 2.15. The predicted molar refractivity (Wildman–Crippen MR) is 86.1 cm³/mol. The van der Waals surface area contributed by atoms with E-state index in [1.54, 1.807) is 18.3 Å². The van der Waals surface area contributed by atoms with Crippen molar-refractivity contribution in [3.8, 4) is 11.4 Å². The lowest BCUT2D eigenvalue weighted by molar-refractivity contribution is -0.0498. The van der Waals surface area contributed by atoms with Crippen molar-refractivity contribution in [3.05, 3.63) is 57.4 Å². The fourth-order valence-corrected chi connectivity index (χ4v) is 2.61. The SMILES string of the molecule is Nc1c(Br)c(=O)n(-c2ccc(OC(F)F)cc2)c2cccnc12. The maximum Gasteiger partial charge on any atom is 0.387 e. The molecule has 0 bridgehead atoms. The van der Waals surface area contributed by atoms with Crippen LogP contribution in [0.2, 0.25) is 0 Å². The average Bonchev–Trinajstić information content (AvgIpc) is 2.54. The van der Waals surface area contributed by atoms with Crippen LogP contribution in [0.1, 0.15) is 0 Å². The number of hydrogen-bond acceptors (Lipinski definition) is 4. The molecule has 0 amide bonds. The van der Waals surface area contributed by atoms with Gasteiger partial charge in [-0.05, 0) is 52.3 Å². The van der Waals surface area contributed by atoms with Gasteiger partial charge in [0.2, 0.25) is 0 Å². The standard InChI is InChI=1S/C15H10BrF2N3O2/c16-11-12(19)13-10(2-1-7-20-13)21(14(11)22)8-3-5-9(6-4-8)23-15(17)18/h1-7,15H,19H2. The molecule has 8 heteroatoms. The summed E-state index contributed by atoms with van der Waals surface area (Å²) >= 11 is 3.17. The van der Waals surface area contributed by atoms with Crippen molar-refractivity contribution in [2.45, 2.75) is 6.61 Å². The monoisotopic (exact) mass is 381 g/mol. The minimum atomic E-state index is -2.90. The van der Waals surface area contributed by atoms with Gasteiger partial charge in [-0.15, -0.1) is 0 Å². The number of pyridine rings is 2. The summed E-state index contributed by atoms with van der Waals surface area (Å²) < 4.78 is 30.3. The van der Waals surface area contributed by atoms with Crippen LogP contribution in [0, 0.1) is 0 Å². The number of nitrogens with zero attached hydrogens (tertiary/aromatic N) is 2. The highest BCUT2D eigenvalue weighted by molar-refractivity contribution is 9.10. The Hall–Kier alpha value is -2.48. The Morgan fingerprint density at radius 1 is 1.22 bits per heavy atom. The summed E-state index contributed by atoms with van der Waals surface area (Å²) in [6.07, 6.45) is 1.57. The van der Waals surface area contributed by atoms with Gasteiger partial charge in [0.15, 0.2) is 0 Å². The first-order valence-corrected chi connectivity index (χ1v) is 7.28. The first-order valence-electron chi connectivity index (χ1n) is 6.49. The summed E-state index contributed by atoms with van der Waals surface area (Å²) in [5.41, 5.74) is 7.26. The molecule has 0 fully saturated rings. The molecule has 2 heterocycles. The quantitative estimate of drug-likeness (QED) is 0.755. The fraction of sp³-hybridized carbons (Fsp3) is 0.0667. The van der Waals surface area contributed by atoms with Gasteiger partial charge in [0.05, 0.1) is 11.2 Å². The maximum absolute atomic E-state index is 12.5. The van der Waals surface area contributed by atoms with Crippen molar-refractivity contribution in [3.63, 3.8) is 0 Å². The number of benzene rings is 1. The van der Waals surface area contributed by atoms with Crippen LogP contribution in [-0.4, -0.2) is 16.2 Å². The first-order chi connectivity index (χ1) is 11.0. The molecule has 23 heavy (non-hydrogen) atoms. The van der Waals surface area contributed by atoms with Crippen LogP contribution in [0.4, 0.5) is 14.5 Å². The van der Waals surface area contributed by atoms with Gasteiger partial charge in [-0.1, -0.05) is 0 Å². The van der Waals surface area contributed by atoms with Crippen LogP contribution in [0.3, 0.4) is 0 Å². The molecular weight excluding hydrogens is 372 g/mol. The number of fused-ring (bicyclic) bond motifs is 1. The molecule has 1 aromatic carbocycles. The van der Waals surface area contributed by atoms with E-state index in [4.69, 9.17) is 5.73 Å². The van der Waals surface area contributed by atoms with Crippen molar-refractivity contribution in [1.82, 2.24) is 9.55 Å². The minimum Gasteiger partial charge on any atom is -0.435 e. The van der Waals surface area contributed by atoms with Gasteiger partial charge in [-0.2, -0.15) is 8.78 Å². The van der Waals surface area contributed by atoms with Crippen molar-refractivity contribution in [1.29, 1.82) is 0 Å². The van der Waals surface area contributed by atoms with Gasteiger partial charge in [-0.25, -0.2) is 0 Å². The lowest BCUT2D eigenvalue weighted by Crippen LogP contribution is -2.21. The van der Waals surface area contributed by atoms with E-state index in [2.05, 4.69) is 25.7 Å². The van der Waals surface area contributed by atoms with Gasteiger partial charge >= 0.3 is 6.61 Å². The molecule has 0 radical (unpaired) electrons. The summed E-state index contributed by atoms with van der Waals surface area (Å²) in [4.78, 5) is 16.7. The number of nitrogens with two attached hydrogens (primary N) is 1. The number of alkyl halides is 2. The molecule has 0 saturated heterocycles. The van der Waals surface area contributed by atoms with E-state index in [0.717, 1.165) is 0 Å². The molecule has 0 aliphatic heterocycles. The van der Waals surface area contributed by atoms with E-state index >= 15 is 0 Å². The van der Waals surface area contributed by atoms with Crippen LogP contribution in [0.15, 0.2) is 51.9 Å². The summed E-state index contributed by atoms with van der Waals surface area (Å²) in [6, 6.07) is 9.12. The van der Waals surface area contributed by atoms with Crippen LogP contribution < -0.4 is 16.0 Å². The third-order valence-electron chi connectivity index (χ3n) is 3.23. The molecule has 118 valence electrons. The topological polar surface area (TPSA) is 70.1 Å². The highest BCUT2D eigenvalue weighted by atomic mass is 79.9. The Labute approximate surface area is 137 Å². The van der Waals surface area contributed by atoms with Crippen molar-refractivity contribution in [2.24, 2.45) is 0 Å². The number of rotatable bonds is 3. The van der Waals surface area contributed by atoms with E-state index in [-0.39, 0.29) is 21.5 Å². The second-order valence-corrected chi connectivity index (χ2v) is 5.40. The third kappa shape index (κ3) is 2.77. The van der Waals surface area contributed by atoms with Gasteiger partial charge in [0.1, 0.15) is 15.7 Å². The van der Waals surface area contributed by atoms with E-state index in [9.17, 15) is 13.6 Å². The average molecular weight is 382 g/mol. The summed E-state index contributed by atoms with van der Waals surface area (Å²) in [7, 11) is 0. The second kappa shape index (κ2) is 5.96. The molecule has 0 aliphatic carbocycles. The Balaban J connectivity index is 2.22. The van der Waals surface area contributed by atoms with E-state index in [0.29, 0.717) is 16.7 Å². The van der Waals surface area contributed by atoms with Gasteiger partial charge < -0.3 is 10.5 Å². The molecule has 3 rings (SSSR count). The van der Waals surface area contributed by atoms with Gasteiger partial charge in [0, 0.05) is 11.9 Å². The first kappa shape index (κ1) is 15.4. The lowest BCUT2D eigenvalue weighted by atomic mass is 10.2. The molecular formula is C15H10BrF2N3O2. The largest absolute Gasteiger partial charge is 0.435 e. The Morgan fingerprint density at radius 2 is 1.91 bits per heavy atom. The molecule has 2 N–H and O–H groups in total. The molecule has 0 atom stereocenters. The van der Waals surface area contributed by atoms with Crippen LogP contribution in [0.25, 0.3) is 16.7 Å². The van der Waals surface area contributed by atoms with Crippen molar-refractivity contribution < 1.29 is 13.5 Å². The van der Waals surface area contributed by atoms with Crippen LogP contribution >= 0.6 is 15.9 Å². The number of aromatic nitrogens is 2. The molecule has 2 aromatic heterocycles. The number of hydrogen-bond donors (Lipinski definition) is 1. The minimum absolute atomic E-state index is 0.00809. The molecule has 0 saturated carbocycles. The number of ether oxygens (including phenoxy) is 1. The Morgan fingerprint density at radius 3 is 2.57 bits per heavy atom. The zero-order valence-electron chi connectivity index (χ0n) is 11.5.